The van der Waals surface area contributed by atoms with Crippen LogP contribution in [0.2, 0.25) is 0 Å². The van der Waals surface area contributed by atoms with Crippen LogP contribution in [-0.2, 0) is 12.4 Å². The van der Waals surface area contributed by atoms with Gasteiger partial charge in [0.2, 0.25) is 0 Å². The summed E-state index contributed by atoms with van der Waals surface area (Å²) in [4.78, 5) is 0. The summed E-state index contributed by atoms with van der Waals surface area (Å²) in [6.07, 6.45) is 0.797. The van der Waals surface area contributed by atoms with Crippen LogP contribution in [0.5, 0.6) is 0 Å². The second-order valence-electron chi connectivity index (χ2n) is 3.82. The van der Waals surface area contributed by atoms with E-state index in [1.807, 2.05) is 6.92 Å². The molecule has 0 N–H and O–H groups in total. The number of hydrogen-bond acceptors (Lipinski definition) is 2. The van der Waals surface area contributed by atoms with Crippen LogP contribution < -0.4 is 0 Å². The monoisotopic (exact) mass is 271 g/mol. The molecule has 0 atom stereocenters. The van der Waals surface area contributed by atoms with Crippen LogP contribution in [0.3, 0.4) is 0 Å². The predicted molar refractivity (Wildman–Crippen MR) is 65.2 cm³/mol. The Bertz CT molecular complexity index is 534. The summed E-state index contributed by atoms with van der Waals surface area (Å²) in [6.45, 7) is 2.53. The predicted octanol–water partition coefficient (Wildman–Crippen LogP) is 3.37. The Labute approximate surface area is 108 Å². The van der Waals surface area contributed by atoms with Gasteiger partial charge in [-0.05, 0) is 18.6 Å². The number of hydrogen-bond donors (Lipinski definition) is 0. The molecule has 0 unspecified atom stereocenters. The van der Waals surface area contributed by atoms with E-state index in [9.17, 15) is 8.78 Å². The lowest BCUT2D eigenvalue weighted by atomic mass is 10.2. The van der Waals surface area contributed by atoms with Crippen molar-refractivity contribution in [1.82, 2.24) is 14.8 Å². The molecule has 0 aliphatic heterocycles. The van der Waals surface area contributed by atoms with Crippen LogP contribution in [0.25, 0.3) is 11.4 Å². The van der Waals surface area contributed by atoms with Gasteiger partial charge < -0.3 is 4.57 Å². The van der Waals surface area contributed by atoms with E-state index >= 15 is 0 Å². The lowest BCUT2D eigenvalue weighted by molar-refractivity contribution is 0.580. The lowest BCUT2D eigenvalue weighted by Gasteiger charge is -2.09. The molecule has 0 saturated heterocycles. The highest BCUT2D eigenvalue weighted by molar-refractivity contribution is 6.16. The van der Waals surface area contributed by atoms with Crippen LogP contribution in [0, 0.1) is 11.6 Å². The van der Waals surface area contributed by atoms with E-state index in [-0.39, 0.29) is 17.3 Å². The third kappa shape index (κ3) is 2.22. The Morgan fingerprint density at radius 2 is 1.89 bits per heavy atom. The van der Waals surface area contributed by atoms with Crippen molar-refractivity contribution < 1.29 is 8.78 Å². The van der Waals surface area contributed by atoms with E-state index in [4.69, 9.17) is 11.6 Å². The minimum atomic E-state index is -0.652. The molecule has 3 nitrogen and oxygen atoms in total. The third-order valence-electron chi connectivity index (χ3n) is 2.58. The highest BCUT2D eigenvalue weighted by Gasteiger charge is 2.19. The molecule has 2 aromatic rings. The molecule has 0 amide bonds. The van der Waals surface area contributed by atoms with Crippen molar-refractivity contribution in [3.63, 3.8) is 0 Å². The van der Waals surface area contributed by atoms with E-state index in [1.54, 1.807) is 4.57 Å². The molecule has 0 spiro atoms. The van der Waals surface area contributed by atoms with Crippen LogP contribution >= 0.6 is 11.6 Å². The summed E-state index contributed by atoms with van der Waals surface area (Å²) in [7, 11) is 0. The summed E-state index contributed by atoms with van der Waals surface area (Å²) < 4.78 is 29.1. The van der Waals surface area contributed by atoms with Gasteiger partial charge >= 0.3 is 0 Å². The molecule has 0 fully saturated rings. The Hall–Kier alpha value is -1.49. The second-order valence-corrected chi connectivity index (χ2v) is 4.09. The fourth-order valence-electron chi connectivity index (χ4n) is 1.79. The van der Waals surface area contributed by atoms with Gasteiger partial charge in [-0.3, -0.25) is 0 Å². The zero-order valence-corrected chi connectivity index (χ0v) is 10.6. The molecule has 0 aliphatic carbocycles. The Morgan fingerprint density at radius 1 is 1.22 bits per heavy atom. The molecule has 1 heterocycles. The average Bonchev–Trinajstić information content (AvgIpc) is 2.73. The number of rotatable bonds is 4. The van der Waals surface area contributed by atoms with Gasteiger partial charge in [-0.25, -0.2) is 8.78 Å². The van der Waals surface area contributed by atoms with Crippen LogP contribution in [0.4, 0.5) is 8.78 Å². The summed E-state index contributed by atoms with van der Waals surface area (Å²) in [5.41, 5.74) is -0.158. The SMILES string of the molecule is CCCn1c(CCl)nnc1-c1c(F)cccc1F. The van der Waals surface area contributed by atoms with E-state index in [1.165, 1.54) is 18.2 Å². The fraction of sp³-hybridized carbons (Fsp3) is 0.333. The smallest absolute Gasteiger partial charge is 0.169 e. The molecule has 0 bridgehead atoms. The van der Waals surface area contributed by atoms with Gasteiger partial charge in [0, 0.05) is 6.54 Å². The first kappa shape index (κ1) is 13.0. The van der Waals surface area contributed by atoms with E-state index in [0.29, 0.717) is 12.4 Å². The van der Waals surface area contributed by atoms with Gasteiger partial charge in [0.1, 0.15) is 17.5 Å². The van der Waals surface area contributed by atoms with Gasteiger partial charge in [-0.2, -0.15) is 0 Å². The van der Waals surface area contributed by atoms with E-state index in [2.05, 4.69) is 10.2 Å². The molecule has 0 radical (unpaired) electrons. The Balaban J connectivity index is 2.60. The maximum atomic E-state index is 13.7. The van der Waals surface area contributed by atoms with Gasteiger partial charge in [0.15, 0.2) is 5.82 Å². The van der Waals surface area contributed by atoms with Crippen LogP contribution in [0.15, 0.2) is 18.2 Å². The minimum Gasteiger partial charge on any atom is -0.310 e. The number of alkyl halides is 1. The standard InChI is InChI=1S/C12H12ClF2N3/c1-2-6-18-10(7-13)16-17-12(18)11-8(14)4-3-5-9(11)15/h3-5H,2,6-7H2,1H3. The van der Waals surface area contributed by atoms with Gasteiger partial charge in [-0.1, -0.05) is 13.0 Å². The molecular weight excluding hydrogens is 260 g/mol. The second kappa shape index (κ2) is 5.44. The number of aromatic nitrogens is 3. The molecule has 6 heteroatoms. The normalized spacial score (nSPS) is 10.9. The average molecular weight is 272 g/mol. The summed E-state index contributed by atoms with van der Waals surface area (Å²) in [5, 5.41) is 7.71. The molecule has 1 aromatic heterocycles. The lowest BCUT2D eigenvalue weighted by Crippen LogP contribution is -2.05. The van der Waals surface area contributed by atoms with Crippen LogP contribution in [-0.4, -0.2) is 14.8 Å². The molecule has 18 heavy (non-hydrogen) atoms. The number of benzene rings is 1. The summed E-state index contributed by atoms with van der Waals surface area (Å²) >= 11 is 5.74. The maximum Gasteiger partial charge on any atom is 0.169 e. The van der Waals surface area contributed by atoms with Crippen LogP contribution in [0.1, 0.15) is 19.2 Å². The fourth-order valence-corrected chi connectivity index (χ4v) is 1.99. The molecule has 0 aliphatic rings. The first-order chi connectivity index (χ1) is 8.69. The zero-order chi connectivity index (χ0) is 13.1. The quantitative estimate of drug-likeness (QED) is 0.798. The van der Waals surface area contributed by atoms with Crippen molar-refractivity contribution in [3.8, 4) is 11.4 Å². The highest BCUT2D eigenvalue weighted by atomic mass is 35.5. The van der Waals surface area contributed by atoms with Gasteiger partial charge in [0.25, 0.3) is 0 Å². The van der Waals surface area contributed by atoms with E-state index < -0.39 is 11.6 Å². The minimum absolute atomic E-state index is 0.156. The summed E-state index contributed by atoms with van der Waals surface area (Å²) in [5.74, 6) is -0.454. The summed E-state index contributed by atoms with van der Waals surface area (Å²) in [6, 6.07) is 3.71. The van der Waals surface area contributed by atoms with Gasteiger partial charge in [0.05, 0.1) is 11.4 Å². The van der Waals surface area contributed by atoms with Crippen molar-refractivity contribution in [2.75, 3.05) is 0 Å². The molecule has 2 rings (SSSR count). The molecule has 96 valence electrons. The molecular formula is C12H12ClF2N3. The highest BCUT2D eigenvalue weighted by Crippen LogP contribution is 2.25. The molecule has 1 aromatic carbocycles. The molecule has 0 saturated carbocycles. The van der Waals surface area contributed by atoms with Crippen molar-refractivity contribution in [3.05, 3.63) is 35.7 Å². The van der Waals surface area contributed by atoms with Crippen molar-refractivity contribution in [2.45, 2.75) is 25.8 Å². The van der Waals surface area contributed by atoms with Crippen molar-refractivity contribution >= 4 is 11.6 Å². The van der Waals surface area contributed by atoms with Gasteiger partial charge in [-0.15, -0.1) is 21.8 Å². The van der Waals surface area contributed by atoms with Crippen molar-refractivity contribution in [2.24, 2.45) is 0 Å². The van der Waals surface area contributed by atoms with Crippen molar-refractivity contribution in [1.29, 1.82) is 0 Å². The van der Waals surface area contributed by atoms with E-state index in [0.717, 1.165) is 6.42 Å². The number of halogens is 3. The third-order valence-corrected chi connectivity index (χ3v) is 2.82. The topological polar surface area (TPSA) is 30.7 Å². The first-order valence-electron chi connectivity index (χ1n) is 5.61. The Kier molecular flexibility index (Phi) is 3.91. The largest absolute Gasteiger partial charge is 0.310 e. The zero-order valence-electron chi connectivity index (χ0n) is 9.83. The first-order valence-corrected chi connectivity index (χ1v) is 6.15. The number of nitrogens with zero attached hydrogens (tertiary/aromatic N) is 3. The maximum absolute atomic E-state index is 13.7. The Morgan fingerprint density at radius 3 is 2.44 bits per heavy atom.